The van der Waals surface area contributed by atoms with Gasteiger partial charge in [-0.05, 0) is 25.5 Å². The largest absolute Gasteiger partial charge is 0.382 e. The first-order chi connectivity index (χ1) is 11.1. The second-order valence-electron chi connectivity index (χ2n) is 4.74. The Morgan fingerprint density at radius 1 is 1.48 bits per heavy atom. The summed E-state index contributed by atoms with van der Waals surface area (Å²) >= 11 is 0. The molecule has 122 valence electrons. The number of aromatic nitrogens is 2. The predicted molar refractivity (Wildman–Crippen MR) is 83.7 cm³/mol. The minimum atomic E-state index is -0.513. The number of nitro groups is 1. The van der Waals surface area contributed by atoms with Gasteiger partial charge in [-0.2, -0.15) is 0 Å². The van der Waals surface area contributed by atoms with Crippen LogP contribution in [0.1, 0.15) is 23.7 Å². The highest BCUT2D eigenvalue weighted by molar-refractivity contribution is 5.95. The van der Waals surface area contributed by atoms with Gasteiger partial charge in [0.25, 0.3) is 11.6 Å². The van der Waals surface area contributed by atoms with Crippen LogP contribution in [0.5, 0.6) is 0 Å². The van der Waals surface area contributed by atoms with E-state index in [1.54, 1.807) is 12.3 Å². The maximum absolute atomic E-state index is 12.1. The lowest BCUT2D eigenvalue weighted by atomic mass is 10.1. The number of carbonyl (C=O) groups is 1. The second kappa shape index (κ2) is 8.04. The molecule has 0 fully saturated rings. The van der Waals surface area contributed by atoms with Crippen molar-refractivity contribution in [2.24, 2.45) is 0 Å². The molecule has 0 saturated carbocycles. The van der Waals surface area contributed by atoms with Gasteiger partial charge in [0.2, 0.25) is 0 Å². The van der Waals surface area contributed by atoms with E-state index in [4.69, 9.17) is 4.74 Å². The third-order valence-corrected chi connectivity index (χ3v) is 3.17. The highest BCUT2D eigenvalue weighted by Crippen LogP contribution is 2.24. The number of nitro benzene ring substituents is 1. The number of ether oxygens (including phenoxy) is 1. The van der Waals surface area contributed by atoms with Crippen molar-refractivity contribution in [1.29, 1.82) is 0 Å². The molecule has 8 heteroatoms. The van der Waals surface area contributed by atoms with Gasteiger partial charge >= 0.3 is 0 Å². The van der Waals surface area contributed by atoms with E-state index in [0.717, 1.165) is 0 Å². The minimum absolute atomic E-state index is 0.148. The molecule has 0 saturated heterocycles. The number of amides is 1. The van der Waals surface area contributed by atoms with Gasteiger partial charge in [0, 0.05) is 43.8 Å². The van der Waals surface area contributed by atoms with Crippen LogP contribution in [0.15, 0.2) is 36.9 Å². The predicted octanol–water partition coefficient (Wildman–Crippen LogP) is 1.94. The molecular weight excluding hydrogens is 300 g/mol. The monoisotopic (exact) mass is 318 g/mol. The van der Waals surface area contributed by atoms with Crippen LogP contribution in [0.3, 0.4) is 0 Å². The molecule has 0 bridgehead atoms. The van der Waals surface area contributed by atoms with Gasteiger partial charge in [0.05, 0.1) is 11.3 Å². The van der Waals surface area contributed by atoms with Crippen molar-refractivity contribution in [1.82, 2.24) is 14.9 Å². The lowest BCUT2D eigenvalue weighted by Crippen LogP contribution is -2.25. The SMILES string of the molecule is CCOCCCNC(=O)c1ccc(-n2ccnc2)c([N+](=O)[O-])c1. The Hall–Kier alpha value is -2.74. The Balaban J connectivity index is 2.10. The molecule has 0 spiro atoms. The fraction of sp³-hybridized carbons (Fsp3) is 0.333. The zero-order valence-electron chi connectivity index (χ0n) is 12.8. The van der Waals surface area contributed by atoms with Crippen molar-refractivity contribution in [3.05, 3.63) is 52.6 Å². The summed E-state index contributed by atoms with van der Waals surface area (Å²) in [5, 5.41) is 14.0. The molecule has 1 amide bonds. The van der Waals surface area contributed by atoms with Crippen LogP contribution in [0.4, 0.5) is 5.69 Å². The fourth-order valence-electron chi connectivity index (χ4n) is 2.05. The maximum Gasteiger partial charge on any atom is 0.294 e. The molecule has 0 unspecified atom stereocenters. The molecule has 1 aromatic carbocycles. The van der Waals surface area contributed by atoms with Crippen molar-refractivity contribution in [2.45, 2.75) is 13.3 Å². The van der Waals surface area contributed by atoms with E-state index >= 15 is 0 Å². The van der Waals surface area contributed by atoms with E-state index in [1.165, 1.54) is 29.2 Å². The number of imidazole rings is 1. The first-order valence-electron chi connectivity index (χ1n) is 7.26. The molecule has 2 rings (SSSR count). The summed E-state index contributed by atoms with van der Waals surface area (Å²) in [7, 11) is 0. The summed E-state index contributed by atoms with van der Waals surface area (Å²) in [6.45, 7) is 3.56. The van der Waals surface area contributed by atoms with Gasteiger partial charge in [-0.25, -0.2) is 4.98 Å². The maximum atomic E-state index is 12.1. The number of nitrogens with zero attached hydrogens (tertiary/aromatic N) is 3. The van der Waals surface area contributed by atoms with Crippen molar-refractivity contribution < 1.29 is 14.5 Å². The van der Waals surface area contributed by atoms with Crippen LogP contribution in [-0.4, -0.2) is 40.1 Å². The topological polar surface area (TPSA) is 99.3 Å². The van der Waals surface area contributed by atoms with Crippen LogP contribution >= 0.6 is 0 Å². The molecule has 1 N–H and O–H groups in total. The molecule has 2 aromatic rings. The van der Waals surface area contributed by atoms with E-state index in [0.29, 0.717) is 31.9 Å². The zero-order chi connectivity index (χ0) is 16.7. The van der Waals surface area contributed by atoms with Gasteiger partial charge < -0.3 is 14.6 Å². The van der Waals surface area contributed by atoms with Crippen LogP contribution in [0.25, 0.3) is 5.69 Å². The summed E-state index contributed by atoms with van der Waals surface area (Å²) in [5.41, 5.74) is 0.460. The fourth-order valence-corrected chi connectivity index (χ4v) is 2.05. The molecule has 0 atom stereocenters. The Morgan fingerprint density at radius 2 is 2.30 bits per heavy atom. The first-order valence-corrected chi connectivity index (χ1v) is 7.26. The quantitative estimate of drug-likeness (QED) is 0.455. The third-order valence-electron chi connectivity index (χ3n) is 3.17. The number of hydrogen-bond acceptors (Lipinski definition) is 5. The second-order valence-corrected chi connectivity index (χ2v) is 4.74. The van der Waals surface area contributed by atoms with Crippen molar-refractivity contribution in [3.63, 3.8) is 0 Å². The molecule has 0 aliphatic heterocycles. The Kier molecular flexibility index (Phi) is 5.81. The summed E-state index contributed by atoms with van der Waals surface area (Å²) < 4.78 is 6.71. The standard InChI is InChI=1S/C15H18N4O4/c1-2-23-9-3-6-17-15(20)12-4-5-13(14(10-12)19(21)22)18-8-7-16-11-18/h4-5,7-8,10-11H,2-3,6,9H2,1H3,(H,17,20). The highest BCUT2D eigenvalue weighted by Gasteiger charge is 2.18. The normalized spacial score (nSPS) is 10.5. The van der Waals surface area contributed by atoms with Crippen molar-refractivity contribution in [3.8, 4) is 5.69 Å². The summed E-state index contributed by atoms with van der Waals surface area (Å²) in [6.07, 6.45) is 5.29. The van der Waals surface area contributed by atoms with Gasteiger partial charge in [0.15, 0.2) is 0 Å². The number of nitrogens with one attached hydrogen (secondary N) is 1. The highest BCUT2D eigenvalue weighted by atomic mass is 16.6. The molecule has 8 nitrogen and oxygen atoms in total. The molecule has 23 heavy (non-hydrogen) atoms. The van der Waals surface area contributed by atoms with Gasteiger partial charge in [-0.3, -0.25) is 14.9 Å². The van der Waals surface area contributed by atoms with Crippen molar-refractivity contribution in [2.75, 3.05) is 19.8 Å². The summed E-state index contributed by atoms with van der Waals surface area (Å²) in [5.74, 6) is -0.346. The van der Waals surface area contributed by atoms with E-state index < -0.39 is 4.92 Å². The summed E-state index contributed by atoms with van der Waals surface area (Å²) in [6, 6.07) is 4.36. The van der Waals surface area contributed by atoms with Gasteiger partial charge in [-0.1, -0.05) is 0 Å². The summed E-state index contributed by atoms with van der Waals surface area (Å²) in [4.78, 5) is 26.7. The van der Waals surface area contributed by atoms with Crippen molar-refractivity contribution >= 4 is 11.6 Å². The van der Waals surface area contributed by atoms with E-state index in [-0.39, 0.29) is 17.2 Å². The minimum Gasteiger partial charge on any atom is -0.382 e. The number of benzene rings is 1. The zero-order valence-corrected chi connectivity index (χ0v) is 12.8. The Labute approximate surface area is 133 Å². The first kappa shape index (κ1) is 16.6. The number of carbonyl (C=O) groups excluding carboxylic acids is 1. The molecule has 0 radical (unpaired) electrons. The average molecular weight is 318 g/mol. The van der Waals surface area contributed by atoms with Crippen LogP contribution in [0, 0.1) is 10.1 Å². The van der Waals surface area contributed by atoms with Crippen LogP contribution < -0.4 is 5.32 Å². The smallest absolute Gasteiger partial charge is 0.294 e. The van der Waals surface area contributed by atoms with E-state index in [2.05, 4.69) is 10.3 Å². The Bertz CT molecular complexity index is 670. The Morgan fingerprint density at radius 3 is 2.96 bits per heavy atom. The lowest BCUT2D eigenvalue weighted by Gasteiger charge is -2.08. The average Bonchev–Trinajstić information content (AvgIpc) is 3.08. The molecule has 0 aliphatic carbocycles. The molecule has 0 aliphatic rings. The van der Waals surface area contributed by atoms with Gasteiger partial charge in [0.1, 0.15) is 5.69 Å². The lowest BCUT2D eigenvalue weighted by molar-refractivity contribution is -0.384. The van der Waals surface area contributed by atoms with Crippen LogP contribution in [0.2, 0.25) is 0 Å². The van der Waals surface area contributed by atoms with Gasteiger partial charge in [-0.15, -0.1) is 0 Å². The molecular formula is C15H18N4O4. The number of hydrogen-bond donors (Lipinski definition) is 1. The molecule has 1 heterocycles. The van der Waals surface area contributed by atoms with E-state index in [1.807, 2.05) is 6.92 Å². The third kappa shape index (κ3) is 4.36. The van der Waals surface area contributed by atoms with Crippen LogP contribution in [-0.2, 0) is 4.74 Å². The van der Waals surface area contributed by atoms with E-state index in [9.17, 15) is 14.9 Å². The molecule has 1 aromatic heterocycles. The number of rotatable bonds is 8.